The molecule has 8 nitrogen and oxygen atoms in total. The maximum absolute atomic E-state index is 12.7. The van der Waals surface area contributed by atoms with E-state index < -0.39 is 30.2 Å². The highest BCUT2D eigenvalue weighted by Crippen LogP contribution is 2.31. The molecule has 0 N–H and O–H groups in total. The summed E-state index contributed by atoms with van der Waals surface area (Å²) < 4.78 is 16.1. The zero-order valence-corrected chi connectivity index (χ0v) is 17.3. The molecule has 2 aliphatic heterocycles. The van der Waals surface area contributed by atoms with Gasteiger partial charge < -0.3 is 14.2 Å². The van der Waals surface area contributed by atoms with Crippen molar-refractivity contribution in [2.24, 2.45) is 0 Å². The number of ether oxygens (including phenoxy) is 3. The fraction of sp³-hybridized carbons (Fsp3) is 0.120. The fourth-order valence-corrected chi connectivity index (χ4v) is 3.71. The third kappa shape index (κ3) is 3.71. The van der Waals surface area contributed by atoms with Crippen molar-refractivity contribution in [2.45, 2.75) is 0 Å². The van der Waals surface area contributed by atoms with Gasteiger partial charge in [-0.2, -0.15) is 0 Å². The van der Waals surface area contributed by atoms with Crippen LogP contribution >= 0.6 is 0 Å². The smallest absolute Gasteiger partial charge is 0.338 e. The van der Waals surface area contributed by atoms with E-state index >= 15 is 0 Å². The molecule has 2 heterocycles. The molecule has 8 heteroatoms. The average molecular weight is 443 g/mol. The van der Waals surface area contributed by atoms with E-state index in [0.29, 0.717) is 41.4 Å². The molecular formula is C25H17NO7. The van der Waals surface area contributed by atoms with E-state index in [1.54, 1.807) is 48.5 Å². The van der Waals surface area contributed by atoms with E-state index in [1.807, 2.05) is 0 Å². The molecule has 0 aromatic heterocycles. The number of imide groups is 1. The van der Waals surface area contributed by atoms with Crippen molar-refractivity contribution < 1.29 is 33.4 Å². The van der Waals surface area contributed by atoms with Crippen LogP contribution in [0.4, 0.5) is 5.69 Å². The highest BCUT2D eigenvalue weighted by atomic mass is 16.6. The van der Waals surface area contributed by atoms with E-state index in [1.165, 1.54) is 18.2 Å². The summed E-state index contributed by atoms with van der Waals surface area (Å²) in [5, 5.41) is 0. The molecular weight excluding hydrogens is 426 g/mol. The number of carbonyl (C=O) groups is 4. The number of Topliss-reactive ketones (excluding diaryl/α,β-unsaturated/α-hetero) is 1. The standard InChI is InChI=1S/C25H17NO7/c27-20(15-8-9-21-22(13-15)32-11-10-31-21)14-33-25(30)16-4-3-5-17(12-16)26-23(28)18-6-1-2-7-19(18)24(26)29/h1-9,12-13H,10-11,14H2. The van der Waals surface area contributed by atoms with Crippen LogP contribution in [-0.2, 0) is 4.74 Å². The Labute approximate surface area is 188 Å². The van der Waals surface area contributed by atoms with Crippen molar-refractivity contribution in [1.29, 1.82) is 0 Å². The topological polar surface area (TPSA) is 99.2 Å². The Morgan fingerprint density at radius 2 is 1.48 bits per heavy atom. The summed E-state index contributed by atoms with van der Waals surface area (Å²) >= 11 is 0. The second kappa shape index (κ2) is 8.23. The van der Waals surface area contributed by atoms with Crippen LogP contribution in [0.1, 0.15) is 41.4 Å². The van der Waals surface area contributed by atoms with Crippen LogP contribution in [0, 0.1) is 0 Å². The summed E-state index contributed by atoms with van der Waals surface area (Å²) in [5.74, 6) is -1.06. The number of hydrogen-bond donors (Lipinski definition) is 0. The first kappa shape index (κ1) is 20.4. The van der Waals surface area contributed by atoms with E-state index in [-0.39, 0.29) is 11.3 Å². The third-order valence-electron chi connectivity index (χ3n) is 5.33. The lowest BCUT2D eigenvalue weighted by molar-refractivity contribution is 0.0474. The summed E-state index contributed by atoms with van der Waals surface area (Å²) in [7, 11) is 0. The molecule has 5 rings (SSSR count). The maximum atomic E-state index is 12.7. The van der Waals surface area contributed by atoms with Gasteiger partial charge in [0, 0.05) is 5.56 Å². The monoisotopic (exact) mass is 443 g/mol. The van der Waals surface area contributed by atoms with Gasteiger partial charge in [-0.3, -0.25) is 14.4 Å². The molecule has 0 unspecified atom stereocenters. The molecule has 33 heavy (non-hydrogen) atoms. The number of carbonyl (C=O) groups excluding carboxylic acids is 4. The largest absolute Gasteiger partial charge is 0.486 e. The first-order chi connectivity index (χ1) is 16.0. The van der Waals surface area contributed by atoms with E-state index in [0.717, 1.165) is 4.90 Å². The number of rotatable bonds is 5. The van der Waals surface area contributed by atoms with Gasteiger partial charge in [-0.1, -0.05) is 18.2 Å². The Hall–Kier alpha value is -4.46. The van der Waals surface area contributed by atoms with Crippen molar-refractivity contribution in [2.75, 3.05) is 24.7 Å². The van der Waals surface area contributed by atoms with Gasteiger partial charge in [-0.15, -0.1) is 0 Å². The maximum Gasteiger partial charge on any atom is 0.338 e. The summed E-state index contributed by atoms with van der Waals surface area (Å²) in [6.07, 6.45) is 0. The van der Waals surface area contributed by atoms with Gasteiger partial charge >= 0.3 is 5.97 Å². The molecule has 0 saturated carbocycles. The Morgan fingerprint density at radius 1 is 0.788 bits per heavy atom. The SMILES string of the molecule is O=C(COC(=O)c1cccc(N2C(=O)c3ccccc3C2=O)c1)c1ccc2c(c1)OCCO2. The van der Waals surface area contributed by atoms with Gasteiger partial charge in [0.1, 0.15) is 13.2 Å². The van der Waals surface area contributed by atoms with Gasteiger partial charge in [0.25, 0.3) is 11.8 Å². The Morgan fingerprint density at radius 3 is 2.21 bits per heavy atom. The highest BCUT2D eigenvalue weighted by Gasteiger charge is 2.36. The zero-order valence-electron chi connectivity index (χ0n) is 17.3. The summed E-state index contributed by atoms with van der Waals surface area (Å²) in [6, 6.07) is 17.2. The minimum Gasteiger partial charge on any atom is -0.486 e. The summed E-state index contributed by atoms with van der Waals surface area (Å²) in [5.41, 5.74) is 1.29. The lowest BCUT2D eigenvalue weighted by atomic mass is 10.1. The molecule has 0 bridgehead atoms. The zero-order chi connectivity index (χ0) is 22.9. The lowest BCUT2D eigenvalue weighted by Gasteiger charge is -2.18. The average Bonchev–Trinajstić information content (AvgIpc) is 3.12. The van der Waals surface area contributed by atoms with Crippen molar-refractivity contribution in [1.82, 2.24) is 0 Å². The third-order valence-corrected chi connectivity index (χ3v) is 5.33. The van der Waals surface area contributed by atoms with Crippen molar-refractivity contribution in [3.05, 3.63) is 89.0 Å². The van der Waals surface area contributed by atoms with Gasteiger partial charge in [0.15, 0.2) is 23.9 Å². The summed E-state index contributed by atoms with van der Waals surface area (Å²) in [6.45, 7) is 0.358. The van der Waals surface area contributed by atoms with Crippen LogP contribution in [0.25, 0.3) is 0 Å². The molecule has 2 amide bonds. The van der Waals surface area contributed by atoms with Crippen LogP contribution in [0.2, 0.25) is 0 Å². The minimum atomic E-state index is -0.751. The molecule has 3 aromatic rings. The van der Waals surface area contributed by atoms with Crippen molar-refractivity contribution >= 4 is 29.3 Å². The first-order valence-corrected chi connectivity index (χ1v) is 10.2. The Kier molecular flexibility index (Phi) is 5.10. The van der Waals surface area contributed by atoms with Gasteiger partial charge in [0.05, 0.1) is 22.4 Å². The second-order valence-electron chi connectivity index (χ2n) is 7.40. The molecule has 0 spiro atoms. The molecule has 0 saturated heterocycles. The molecule has 0 fully saturated rings. The van der Waals surface area contributed by atoms with Crippen molar-refractivity contribution in [3.8, 4) is 11.5 Å². The number of anilines is 1. The lowest BCUT2D eigenvalue weighted by Crippen LogP contribution is -2.29. The number of amides is 2. The number of ketones is 1. The Balaban J connectivity index is 1.29. The minimum absolute atomic E-state index is 0.110. The van der Waals surface area contributed by atoms with Crippen LogP contribution in [-0.4, -0.2) is 43.4 Å². The van der Waals surface area contributed by atoms with Crippen LogP contribution in [0.5, 0.6) is 11.5 Å². The highest BCUT2D eigenvalue weighted by molar-refractivity contribution is 6.34. The molecule has 3 aromatic carbocycles. The predicted molar refractivity (Wildman–Crippen MR) is 116 cm³/mol. The van der Waals surface area contributed by atoms with Crippen LogP contribution in [0.3, 0.4) is 0 Å². The van der Waals surface area contributed by atoms with E-state index in [9.17, 15) is 19.2 Å². The van der Waals surface area contributed by atoms with Crippen LogP contribution in [0.15, 0.2) is 66.7 Å². The molecule has 2 aliphatic rings. The molecule has 0 radical (unpaired) electrons. The number of esters is 1. The number of hydrogen-bond acceptors (Lipinski definition) is 7. The van der Waals surface area contributed by atoms with Crippen molar-refractivity contribution in [3.63, 3.8) is 0 Å². The first-order valence-electron chi connectivity index (χ1n) is 10.2. The van der Waals surface area contributed by atoms with E-state index in [2.05, 4.69) is 0 Å². The van der Waals surface area contributed by atoms with E-state index in [4.69, 9.17) is 14.2 Å². The molecule has 164 valence electrons. The fourth-order valence-electron chi connectivity index (χ4n) is 3.71. The summed E-state index contributed by atoms with van der Waals surface area (Å²) in [4.78, 5) is 51.4. The predicted octanol–water partition coefficient (Wildman–Crippen LogP) is 3.30. The number of benzene rings is 3. The van der Waals surface area contributed by atoms with Gasteiger partial charge in [-0.25, -0.2) is 9.69 Å². The number of fused-ring (bicyclic) bond motifs is 2. The number of nitrogens with zero attached hydrogens (tertiary/aromatic N) is 1. The van der Waals surface area contributed by atoms with Crippen LogP contribution < -0.4 is 14.4 Å². The molecule has 0 atom stereocenters. The quantitative estimate of drug-likeness (QED) is 0.339. The Bertz CT molecular complexity index is 1280. The normalized spacial score (nSPS) is 14.1. The molecule has 0 aliphatic carbocycles. The second-order valence-corrected chi connectivity index (χ2v) is 7.40. The van der Waals surface area contributed by atoms with Gasteiger partial charge in [0.2, 0.25) is 0 Å². The van der Waals surface area contributed by atoms with Gasteiger partial charge in [-0.05, 0) is 48.5 Å².